The lowest BCUT2D eigenvalue weighted by atomic mass is 10.2. The van der Waals surface area contributed by atoms with Gasteiger partial charge in [0.1, 0.15) is 11.4 Å². The van der Waals surface area contributed by atoms with Crippen LogP contribution in [-0.4, -0.2) is 25.4 Å². The molecule has 0 aliphatic carbocycles. The van der Waals surface area contributed by atoms with Crippen LogP contribution in [0.15, 0.2) is 36.8 Å². The van der Waals surface area contributed by atoms with Crippen molar-refractivity contribution in [1.82, 2.24) is 14.5 Å². The second-order valence-corrected chi connectivity index (χ2v) is 8.38. The van der Waals surface area contributed by atoms with Crippen LogP contribution in [0, 0.1) is 0 Å². The number of carbonyl (C=O) groups excluding carboxylic acids is 1. The molecule has 0 aromatic carbocycles. The number of hydrogen-bond donors (Lipinski definition) is 1. The largest absolute Gasteiger partial charge is 0.474 e. The van der Waals surface area contributed by atoms with Crippen molar-refractivity contribution >= 4 is 57.3 Å². The van der Waals surface area contributed by atoms with Gasteiger partial charge in [-0.3, -0.25) is 4.79 Å². The van der Waals surface area contributed by atoms with E-state index in [4.69, 9.17) is 23.2 Å². The number of carbonyl (C=O) groups is 1. The van der Waals surface area contributed by atoms with Crippen LogP contribution in [0.3, 0.4) is 0 Å². The maximum Gasteiger partial charge on any atom is 0.339 e. The fraction of sp³-hybridized carbons (Fsp3) is 0.0667. The first-order chi connectivity index (χ1) is 12.0. The molecule has 0 saturated heterocycles. The van der Waals surface area contributed by atoms with Gasteiger partial charge in [0.05, 0.1) is 17.3 Å². The molecule has 6 nitrogen and oxygen atoms in total. The van der Waals surface area contributed by atoms with Crippen LogP contribution >= 0.6 is 45.9 Å². The second-order valence-electron chi connectivity index (χ2n) is 5.07. The van der Waals surface area contributed by atoms with E-state index in [0.29, 0.717) is 21.5 Å². The van der Waals surface area contributed by atoms with Gasteiger partial charge in [0.15, 0.2) is 8.93 Å². The van der Waals surface area contributed by atoms with Crippen LogP contribution in [0.5, 0.6) is 5.88 Å². The van der Waals surface area contributed by atoms with E-state index in [2.05, 4.69) is 9.97 Å². The van der Waals surface area contributed by atoms with Crippen LogP contribution in [0.1, 0.15) is 20.2 Å². The molecule has 0 fully saturated rings. The summed E-state index contributed by atoms with van der Waals surface area (Å²) in [5.74, 6) is -0.484. The standard InChI is InChI=1S/C15H8Cl2N4O2S2/c16-14-18-5-8(24-14)7-21-10-3-1-2-4-20(10)13(23)11(21)12(22)9-6-19-15(17)25-9/h1-6H,7H2/p+1. The van der Waals surface area contributed by atoms with Gasteiger partial charge in [-0.25, -0.2) is 14.5 Å². The van der Waals surface area contributed by atoms with Gasteiger partial charge >= 0.3 is 5.88 Å². The molecule has 0 unspecified atom stereocenters. The van der Waals surface area contributed by atoms with E-state index in [9.17, 15) is 9.90 Å². The van der Waals surface area contributed by atoms with Crippen LogP contribution in [0.25, 0.3) is 5.65 Å². The van der Waals surface area contributed by atoms with Crippen molar-refractivity contribution in [3.8, 4) is 5.88 Å². The molecule has 126 valence electrons. The van der Waals surface area contributed by atoms with Crippen molar-refractivity contribution in [2.24, 2.45) is 0 Å². The molecule has 0 aliphatic heterocycles. The molecule has 0 radical (unpaired) electrons. The number of hydrogen-bond acceptors (Lipinski definition) is 6. The highest BCUT2D eigenvalue weighted by atomic mass is 35.5. The van der Waals surface area contributed by atoms with E-state index >= 15 is 0 Å². The van der Waals surface area contributed by atoms with Crippen LogP contribution in [0.2, 0.25) is 8.93 Å². The Kier molecular flexibility index (Phi) is 4.20. The average molecular weight is 412 g/mol. The molecule has 0 amide bonds. The van der Waals surface area contributed by atoms with Crippen molar-refractivity contribution in [2.45, 2.75) is 6.54 Å². The summed E-state index contributed by atoms with van der Waals surface area (Å²) in [6, 6.07) is 5.43. The summed E-state index contributed by atoms with van der Waals surface area (Å²) < 4.78 is 3.98. The molecular formula is C15H9Cl2N4O2S2+. The molecule has 4 rings (SSSR count). The number of ketones is 1. The minimum atomic E-state index is -0.346. The van der Waals surface area contributed by atoms with Crippen molar-refractivity contribution in [2.75, 3.05) is 0 Å². The molecule has 10 heteroatoms. The van der Waals surface area contributed by atoms with Gasteiger partial charge in [-0.1, -0.05) is 40.6 Å². The number of aromatic hydroxyl groups is 1. The third-order valence-corrected chi connectivity index (χ3v) is 5.79. The van der Waals surface area contributed by atoms with E-state index in [1.54, 1.807) is 27.4 Å². The number of rotatable bonds is 4. The van der Waals surface area contributed by atoms with Gasteiger partial charge in [-0.15, -0.1) is 11.3 Å². The topological polar surface area (TPSA) is 72.1 Å². The molecule has 25 heavy (non-hydrogen) atoms. The maximum atomic E-state index is 12.9. The number of halogens is 2. The van der Waals surface area contributed by atoms with E-state index in [-0.39, 0.29) is 21.8 Å². The van der Waals surface area contributed by atoms with Crippen molar-refractivity contribution < 1.29 is 14.3 Å². The smallest absolute Gasteiger partial charge is 0.339 e. The Labute approximate surface area is 159 Å². The van der Waals surface area contributed by atoms with Gasteiger partial charge in [0.2, 0.25) is 0 Å². The van der Waals surface area contributed by atoms with Crippen molar-refractivity contribution in [1.29, 1.82) is 0 Å². The Morgan fingerprint density at radius 2 is 1.96 bits per heavy atom. The number of nitrogens with zero attached hydrogens (tertiary/aromatic N) is 4. The summed E-state index contributed by atoms with van der Waals surface area (Å²) in [6.07, 6.45) is 4.75. The first-order valence-electron chi connectivity index (χ1n) is 7.02. The molecule has 0 saturated carbocycles. The highest BCUT2D eigenvalue weighted by Gasteiger charge is 2.33. The van der Waals surface area contributed by atoms with E-state index in [1.165, 1.54) is 17.5 Å². The van der Waals surface area contributed by atoms with Gasteiger partial charge in [0.25, 0.3) is 17.1 Å². The third kappa shape index (κ3) is 2.91. The predicted molar refractivity (Wildman–Crippen MR) is 96.0 cm³/mol. The first-order valence-corrected chi connectivity index (χ1v) is 9.41. The second kappa shape index (κ2) is 6.38. The highest BCUT2D eigenvalue weighted by molar-refractivity contribution is 7.17. The molecule has 0 atom stereocenters. The number of pyridine rings is 1. The normalized spacial score (nSPS) is 11.3. The zero-order valence-corrected chi connectivity index (χ0v) is 15.5. The Balaban J connectivity index is 1.91. The number of aromatic nitrogens is 4. The summed E-state index contributed by atoms with van der Waals surface area (Å²) in [7, 11) is 0. The van der Waals surface area contributed by atoms with E-state index in [1.807, 2.05) is 12.1 Å². The number of fused-ring (bicyclic) bond motifs is 1. The summed E-state index contributed by atoms with van der Waals surface area (Å²) in [6.45, 7) is 0.353. The molecule has 1 N–H and O–H groups in total. The average Bonchev–Trinajstić information content (AvgIpc) is 3.28. The molecule has 0 spiro atoms. The lowest BCUT2D eigenvalue weighted by molar-refractivity contribution is -0.521. The molecule has 4 heterocycles. The number of imidazole rings is 1. The van der Waals surface area contributed by atoms with Crippen LogP contribution in [0.4, 0.5) is 0 Å². The number of thiazole rings is 2. The lowest BCUT2D eigenvalue weighted by Crippen LogP contribution is -2.19. The minimum Gasteiger partial charge on any atom is -0.474 e. The van der Waals surface area contributed by atoms with Gasteiger partial charge in [-0.2, -0.15) is 4.40 Å². The predicted octanol–water partition coefficient (Wildman–Crippen LogP) is 3.43. The quantitative estimate of drug-likeness (QED) is 0.412. The lowest BCUT2D eigenvalue weighted by Gasteiger charge is -1.99. The molecular weight excluding hydrogens is 403 g/mol. The minimum absolute atomic E-state index is 0.138. The maximum absolute atomic E-state index is 12.9. The van der Waals surface area contributed by atoms with Gasteiger partial charge < -0.3 is 5.11 Å². The Bertz CT molecular complexity index is 1100. The molecule has 0 aliphatic rings. The SMILES string of the molecule is O=C(c1cnc(Cl)s1)c1c(O)[n+]2ccccc2n1Cc1cnc(Cl)s1. The zero-order chi connectivity index (χ0) is 17.6. The zero-order valence-electron chi connectivity index (χ0n) is 12.4. The van der Waals surface area contributed by atoms with E-state index in [0.717, 1.165) is 16.2 Å². The molecule has 4 aromatic rings. The monoisotopic (exact) mass is 411 g/mol. The van der Waals surface area contributed by atoms with Crippen LogP contribution in [-0.2, 0) is 6.54 Å². The third-order valence-electron chi connectivity index (χ3n) is 3.58. The summed E-state index contributed by atoms with van der Waals surface area (Å²) in [5, 5.41) is 10.6. The van der Waals surface area contributed by atoms with Gasteiger partial charge in [0, 0.05) is 12.3 Å². The van der Waals surface area contributed by atoms with Crippen molar-refractivity contribution in [3.05, 3.63) is 61.2 Å². The fourth-order valence-electron chi connectivity index (χ4n) is 2.55. The molecule has 4 aromatic heterocycles. The van der Waals surface area contributed by atoms with Crippen molar-refractivity contribution in [3.63, 3.8) is 0 Å². The summed E-state index contributed by atoms with van der Waals surface area (Å²) in [4.78, 5) is 22.1. The Hall–Kier alpha value is -2.00. The fourth-order valence-corrected chi connectivity index (χ4v) is 4.40. The Morgan fingerprint density at radius 3 is 2.64 bits per heavy atom. The summed E-state index contributed by atoms with van der Waals surface area (Å²) in [5.41, 5.74) is 0.833. The van der Waals surface area contributed by atoms with Crippen LogP contribution < -0.4 is 4.40 Å². The Morgan fingerprint density at radius 1 is 1.20 bits per heavy atom. The molecule has 0 bridgehead atoms. The van der Waals surface area contributed by atoms with E-state index < -0.39 is 0 Å². The first kappa shape index (κ1) is 16.5. The van der Waals surface area contributed by atoms with Gasteiger partial charge in [-0.05, 0) is 6.07 Å². The summed E-state index contributed by atoms with van der Waals surface area (Å²) >= 11 is 14.1. The highest BCUT2D eigenvalue weighted by Crippen LogP contribution is 2.27.